The van der Waals surface area contributed by atoms with E-state index >= 15 is 0 Å². The minimum absolute atomic E-state index is 0.906. The summed E-state index contributed by atoms with van der Waals surface area (Å²) in [5.74, 6) is 0. The summed E-state index contributed by atoms with van der Waals surface area (Å²) in [5, 5.41) is 11.9. The van der Waals surface area contributed by atoms with E-state index in [2.05, 4.69) is 199 Å². The molecule has 10 aromatic carbocycles. The van der Waals surface area contributed by atoms with Crippen LogP contribution in [0.25, 0.3) is 87.3 Å². The monoisotopic (exact) mass is 687 g/mol. The van der Waals surface area contributed by atoms with Gasteiger partial charge in [-0.05, 0) is 97.0 Å². The summed E-state index contributed by atoms with van der Waals surface area (Å²) in [5.41, 5.74) is 9.95. The zero-order valence-electron chi connectivity index (χ0n) is 29.4. The smallest absolute Gasteiger partial charge is 0.143 e. The van der Waals surface area contributed by atoms with Gasteiger partial charge in [0.05, 0.1) is 5.69 Å². The molecule has 0 radical (unpaired) electrons. The van der Waals surface area contributed by atoms with Crippen molar-refractivity contribution in [3.63, 3.8) is 0 Å². The van der Waals surface area contributed by atoms with Gasteiger partial charge in [0.1, 0.15) is 11.2 Å². The first-order valence-corrected chi connectivity index (χ1v) is 18.5. The maximum Gasteiger partial charge on any atom is 0.143 e. The van der Waals surface area contributed by atoms with Gasteiger partial charge in [0, 0.05) is 32.9 Å². The minimum Gasteiger partial charge on any atom is -0.455 e. The quantitative estimate of drug-likeness (QED) is 0.168. The van der Waals surface area contributed by atoms with Gasteiger partial charge in [-0.25, -0.2) is 0 Å². The van der Waals surface area contributed by atoms with E-state index in [0.717, 1.165) is 49.8 Å². The summed E-state index contributed by atoms with van der Waals surface area (Å²) in [6, 6.07) is 72.3. The van der Waals surface area contributed by atoms with Gasteiger partial charge in [0.25, 0.3) is 0 Å². The molecule has 0 saturated heterocycles. The van der Waals surface area contributed by atoms with Crippen LogP contribution in [0.3, 0.4) is 0 Å². The van der Waals surface area contributed by atoms with Crippen molar-refractivity contribution in [2.45, 2.75) is 0 Å². The molecule has 1 heterocycles. The average Bonchev–Trinajstić information content (AvgIpc) is 3.63. The normalized spacial score (nSPS) is 11.7. The van der Waals surface area contributed by atoms with Crippen LogP contribution in [0.4, 0.5) is 17.1 Å². The number of benzene rings is 10. The van der Waals surface area contributed by atoms with Crippen LogP contribution >= 0.6 is 0 Å². The van der Waals surface area contributed by atoms with Crippen molar-refractivity contribution in [3.8, 4) is 22.3 Å². The van der Waals surface area contributed by atoms with Crippen LogP contribution in [0, 0.1) is 0 Å². The first kappa shape index (κ1) is 30.5. The van der Waals surface area contributed by atoms with E-state index < -0.39 is 0 Å². The molecule has 252 valence electrons. The molecule has 0 atom stereocenters. The largest absolute Gasteiger partial charge is 0.455 e. The van der Waals surface area contributed by atoms with E-state index in [1.165, 1.54) is 54.6 Å². The first-order chi connectivity index (χ1) is 26.8. The van der Waals surface area contributed by atoms with Gasteiger partial charge < -0.3 is 9.32 Å². The Bertz CT molecular complexity index is 3200. The highest BCUT2D eigenvalue weighted by atomic mass is 16.3. The summed E-state index contributed by atoms with van der Waals surface area (Å²) < 4.78 is 6.54. The van der Waals surface area contributed by atoms with Gasteiger partial charge in [0.15, 0.2) is 0 Å². The van der Waals surface area contributed by atoms with Crippen molar-refractivity contribution in [3.05, 3.63) is 200 Å². The average molecular weight is 688 g/mol. The summed E-state index contributed by atoms with van der Waals surface area (Å²) in [7, 11) is 0. The molecule has 1 aromatic heterocycles. The molecule has 0 aliphatic rings. The number of para-hydroxylation sites is 1. The summed E-state index contributed by atoms with van der Waals surface area (Å²) in [4.78, 5) is 2.41. The number of hydrogen-bond donors (Lipinski definition) is 0. The maximum atomic E-state index is 6.54. The van der Waals surface area contributed by atoms with Gasteiger partial charge in [-0.3, -0.25) is 0 Å². The fourth-order valence-electron chi connectivity index (χ4n) is 8.40. The van der Waals surface area contributed by atoms with E-state index in [9.17, 15) is 0 Å². The molecule has 2 nitrogen and oxygen atoms in total. The van der Waals surface area contributed by atoms with E-state index in [-0.39, 0.29) is 0 Å². The van der Waals surface area contributed by atoms with Crippen molar-refractivity contribution in [1.82, 2.24) is 0 Å². The second kappa shape index (κ2) is 12.2. The van der Waals surface area contributed by atoms with Crippen molar-refractivity contribution in [1.29, 1.82) is 0 Å². The second-order valence-corrected chi connectivity index (χ2v) is 14.1. The highest BCUT2D eigenvalue weighted by molar-refractivity contribution is 6.17. The van der Waals surface area contributed by atoms with Crippen molar-refractivity contribution in [2.24, 2.45) is 0 Å². The molecule has 0 unspecified atom stereocenters. The van der Waals surface area contributed by atoms with Crippen LogP contribution in [0.2, 0.25) is 0 Å². The van der Waals surface area contributed by atoms with Gasteiger partial charge in [-0.2, -0.15) is 0 Å². The zero-order valence-corrected chi connectivity index (χ0v) is 29.4. The SMILES string of the molecule is c1ccc2c(-c3ccc(-c4ccc(N(c5ccc6ccc7c8ccccc8oc7c6c5)c5cc6ccccc6c6ccccc56)cc4)cc3)cccc2c1. The molecular formula is C52H33NO. The van der Waals surface area contributed by atoms with Crippen LogP contribution in [0.1, 0.15) is 0 Å². The Balaban J connectivity index is 1.07. The van der Waals surface area contributed by atoms with Gasteiger partial charge in [-0.15, -0.1) is 0 Å². The Hall–Kier alpha value is -7.16. The van der Waals surface area contributed by atoms with Crippen molar-refractivity contribution in [2.75, 3.05) is 4.90 Å². The summed E-state index contributed by atoms with van der Waals surface area (Å²) in [6.45, 7) is 0. The molecule has 11 rings (SSSR count). The molecule has 54 heavy (non-hydrogen) atoms. The first-order valence-electron chi connectivity index (χ1n) is 18.5. The van der Waals surface area contributed by atoms with E-state index in [4.69, 9.17) is 4.42 Å². The molecular weight excluding hydrogens is 655 g/mol. The lowest BCUT2D eigenvalue weighted by atomic mass is 9.96. The van der Waals surface area contributed by atoms with Gasteiger partial charge in [0.2, 0.25) is 0 Å². The van der Waals surface area contributed by atoms with Crippen LogP contribution in [0.5, 0.6) is 0 Å². The maximum absolute atomic E-state index is 6.54. The number of rotatable bonds is 5. The predicted molar refractivity (Wildman–Crippen MR) is 229 cm³/mol. The summed E-state index contributed by atoms with van der Waals surface area (Å²) in [6.07, 6.45) is 0. The zero-order chi connectivity index (χ0) is 35.6. The Morgan fingerprint density at radius 1 is 0.315 bits per heavy atom. The predicted octanol–water partition coefficient (Wildman–Crippen LogP) is 15.0. The van der Waals surface area contributed by atoms with E-state index in [0.29, 0.717) is 0 Å². The number of fused-ring (bicyclic) bond motifs is 9. The van der Waals surface area contributed by atoms with Crippen molar-refractivity contribution >= 4 is 82.1 Å². The minimum atomic E-state index is 0.906. The topological polar surface area (TPSA) is 16.4 Å². The Kier molecular flexibility index (Phi) is 6.90. The number of hydrogen-bond acceptors (Lipinski definition) is 2. The highest BCUT2D eigenvalue weighted by Crippen LogP contribution is 2.44. The molecule has 0 aliphatic carbocycles. The lowest BCUT2D eigenvalue weighted by molar-refractivity contribution is 0.672. The molecule has 0 saturated carbocycles. The molecule has 0 N–H and O–H groups in total. The highest BCUT2D eigenvalue weighted by Gasteiger charge is 2.19. The number of furan rings is 1. The molecule has 0 bridgehead atoms. The molecule has 0 amide bonds. The molecule has 0 aliphatic heterocycles. The molecule has 0 spiro atoms. The molecule has 2 heteroatoms. The Morgan fingerprint density at radius 2 is 0.889 bits per heavy atom. The van der Waals surface area contributed by atoms with Crippen LogP contribution in [-0.2, 0) is 0 Å². The Morgan fingerprint density at radius 3 is 1.70 bits per heavy atom. The van der Waals surface area contributed by atoms with Crippen LogP contribution in [0.15, 0.2) is 205 Å². The van der Waals surface area contributed by atoms with Crippen LogP contribution < -0.4 is 4.90 Å². The third-order valence-electron chi connectivity index (χ3n) is 11.0. The van der Waals surface area contributed by atoms with Crippen LogP contribution in [-0.4, -0.2) is 0 Å². The van der Waals surface area contributed by atoms with Gasteiger partial charge in [-0.1, -0.05) is 158 Å². The Labute approximate surface area is 312 Å². The van der Waals surface area contributed by atoms with Crippen molar-refractivity contribution < 1.29 is 4.42 Å². The lowest BCUT2D eigenvalue weighted by Gasteiger charge is -2.28. The fraction of sp³-hybridized carbons (Fsp3) is 0. The van der Waals surface area contributed by atoms with Gasteiger partial charge >= 0.3 is 0 Å². The fourth-order valence-corrected chi connectivity index (χ4v) is 8.40. The summed E-state index contributed by atoms with van der Waals surface area (Å²) >= 11 is 0. The van der Waals surface area contributed by atoms with E-state index in [1.54, 1.807) is 0 Å². The third kappa shape index (κ3) is 4.88. The number of nitrogens with zero attached hydrogens (tertiary/aromatic N) is 1. The number of anilines is 3. The molecule has 11 aromatic rings. The standard InChI is InChI=1S/C52H33NO/c1-3-13-42-36(10-1)12-9-18-43(42)37-22-20-34(21-23-37)35-24-28-40(29-25-35)53(50-32-39-11-2-4-14-44(39)45-15-5-6-16-46(45)50)41-30-26-38-27-31-48-47-17-7-8-19-51(47)54-52(48)49(38)33-41/h1-33H. The molecule has 0 fully saturated rings. The third-order valence-corrected chi connectivity index (χ3v) is 11.0. The second-order valence-electron chi connectivity index (χ2n) is 14.1. The lowest BCUT2D eigenvalue weighted by Crippen LogP contribution is -2.10. The van der Waals surface area contributed by atoms with E-state index in [1.807, 2.05) is 6.07 Å².